The molecule has 8 heteroatoms. The minimum absolute atomic E-state index is 0.0720. The van der Waals surface area contributed by atoms with Crippen molar-refractivity contribution in [2.45, 2.75) is 13.5 Å². The summed E-state index contributed by atoms with van der Waals surface area (Å²) in [7, 11) is 0. The summed E-state index contributed by atoms with van der Waals surface area (Å²) in [5.74, 6) is 0.686. The van der Waals surface area contributed by atoms with Gasteiger partial charge in [0, 0.05) is 18.8 Å². The molecule has 114 valence electrons. The highest BCUT2D eigenvalue weighted by Gasteiger charge is 2.10. The lowest BCUT2D eigenvalue weighted by Gasteiger charge is -2.04. The third kappa shape index (κ3) is 3.59. The van der Waals surface area contributed by atoms with Crippen LogP contribution in [0.3, 0.4) is 0 Å². The summed E-state index contributed by atoms with van der Waals surface area (Å²) in [6.45, 7) is 3.54. The molecule has 0 aromatic carbocycles. The average Bonchev–Trinajstić information content (AvgIpc) is 3.18. The predicted octanol–water partition coefficient (Wildman–Crippen LogP) is 1.21. The van der Waals surface area contributed by atoms with Crippen LogP contribution in [0.1, 0.15) is 12.6 Å². The Labute approximate surface area is 131 Å². The van der Waals surface area contributed by atoms with Gasteiger partial charge in [-0.3, -0.25) is 9.79 Å². The number of thiazole rings is 1. The van der Waals surface area contributed by atoms with E-state index in [0.717, 1.165) is 41.3 Å². The zero-order valence-electron chi connectivity index (χ0n) is 12.1. The smallest absolute Gasteiger partial charge is 0.217 e. The van der Waals surface area contributed by atoms with E-state index >= 15 is 0 Å². The van der Waals surface area contributed by atoms with Gasteiger partial charge in [-0.2, -0.15) is 0 Å². The second-order valence-corrected chi connectivity index (χ2v) is 5.60. The van der Waals surface area contributed by atoms with Crippen molar-refractivity contribution >= 4 is 28.3 Å². The molecule has 0 saturated carbocycles. The summed E-state index contributed by atoms with van der Waals surface area (Å²) in [5.41, 5.74) is 2.39. The molecule has 2 aromatic heterocycles. The number of hydrogen-bond donors (Lipinski definition) is 3. The second kappa shape index (κ2) is 6.52. The maximum absolute atomic E-state index is 11.0. The number of aliphatic imine (C=N–C) groups is 1. The Morgan fingerprint density at radius 3 is 3.05 bits per heavy atom. The maximum Gasteiger partial charge on any atom is 0.217 e. The number of carbonyl (C=O) groups excluding carboxylic acids is 1. The SMILES string of the molecule is CC(=O)NCc1cccc(-c2csc(NC3=NCCN3)n2)n1. The quantitative estimate of drug-likeness (QED) is 0.789. The Balaban J connectivity index is 1.72. The number of amides is 1. The van der Waals surface area contributed by atoms with Crippen molar-refractivity contribution in [2.75, 3.05) is 18.4 Å². The molecule has 22 heavy (non-hydrogen) atoms. The van der Waals surface area contributed by atoms with Gasteiger partial charge >= 0.3 is 0 Å². The number of carbonyl (C=O) groups is 1. The van der Waals surface area contributed by atoms with E-state index in [1.54, 1.807) is 0 Å². The number of nitrogens with one attached hydrogen (secondary N) is 3. The Bertz CT molecular complexity index is 711. The van der Waals surface area contributed by atoms with Gasteiger partial charge in [0.15, 0.2) is 11.1 Å². The fourth-order valence-electron chi connectivity index (χ4n) is 1.97. The number of guanidine groups is 1. The van der Waals surface area contributed by atoms with Gasteiger partial charge in [-0.25, -0.2) is 9.97 Å². The van der Waals surface area contributed by atoms with E-state index in [4.69, 9.17) is 0 Å². The van der Waals surface area contributed by atoms with Crippen LogP contribution in [0.25, 0.3) is 11.4 Å². The molecular formula is C14H16N6OS. The molecule has 0 bridgehead atoms. The minimum atomic E-state index is -0.0720. The van der Waals surface area contributed by atoms with Crippen LogP contribution in [-0.4, -0.2) is 34.9 Å². The van der Waals surface area contributed by atoms with Crippen molar-refractivity contribution in [3.8, 4) is 11.4 Å². The van der Waals surface area contributed by atoms with Crippen LogP contribution < -0.4 is 16.0 Å². The first-order valence-corrected chi connectivity index (χ1v) is 7.80. The van der Waals surface area contributed by atoms with E-state index in [-0.39, 0.29) is 5.91 Å². The zero-order valence-corrected chi connectivity index (χ0v) is 12.9. The standard InChI is InChI=1S/C14H16N6OS/c1-9(21)17-7-10-3-2-4-11(18-10)12-8-22-14(19-12)20-13-15-5-6-16-13/h2-4,8H,5-7H2,1H3,(H,17,21)(H2,15,16,19,20). The minimum Gasteiger partial charge on any atom is -0.354 e. The molecular weight excluding hydrogens is 300 g/mol. The summed E-state index contributed by atoms with van der Waals surface area (Å²) < 4.78 is 0. The van der Waals surface area contributed by atoms with Crippen LogP contribution in [0.15, 0.2) is 28.6 Å². The van der Waals surface area contributed by atoms with Crippen molar-refractivity contribution in [1.82, 2.24) is 20.6 Å². The number of rotatable bonds is 4. The van der Waals surface area contributed by atoms with Gasteiger partial charge in [-0.1, -0.05) is 6.07 Å². The van der Waals surface area contributed by atoms with Crippen LogP contribution in [-0.2, 0) is 11.3 Å². The first-order valence-electron chi connectivity index (χ1n) is 6.92. The van der Waals surface area contributed by atoms with Crippen LogP contribution in [0.5, 0.6) is 0 Å². The third-order valence-electron chi connectivity index (χ3n) is 2.99. The number of aromatic nitrogens is 2. The summed E-state index contributed by atoms with van der Waals surface area (Å²) in [4.78, 5) is 24.3. The molecule has 1 aliphatic heterocycles. The molecule has 0 fully saturated rings. The number of pyridine rings is 1. The first-order chi connectivity index (χ1) is 10.7. The summed E-state index contributed by atoms with van der Waals surface area (Å²) >= 11 is 1.50. The lowest BCUT2D eigenvalue weighted by Crippen LogP contribution is -2.26. The van der Waals surface area contributed by atoms with Gasteiger partial charge in [0.05, 0.1) is 24.5 Å². The van der Waals surface area contributed by atoms with Crippen molar-refractivity contribution in [2.24, 2.45) is 4.99 Å². The normalized spacial score (nSPS) is 13.4. The number of anilines is 1. The molecule has 1 amide bonds. The Morgan fingerprint density at radius 1 is 1.36 bits per heavy atom. The van der Waals surface area contributed by atoms with Gasteiger partial charge in [0.1, 0.15) is 5.69 Å². The maximum atomic E-state index is 11.0. The van der Waals surface area contributed by atoms with Gasteiger partial charge in [-0.15, -0.1) is 11.3 Å². The van der Waals surface area contributed by atoms with Crippen molar-refractivity contribution < 1.29 is 4.79 Å². The largest absolute Gasteiger partial charge is 0.354 e. The van der Waals surface area contributed by atoms with E-state index in [2.05, 4.69) is 30.9 Å². The summed E-state index contributed by atoms with van der Waals surface area (Å²) in [6.07, 6.45) is 0. The monoisotopic (exact) mass is 316 g/mol. The second-order valence-electron chi connectivity index (χ2n) is 4.74. The van der Waals surface area contributed by atoms with Gasteiger partial charge in [0.2, 0.25) is 5.91 Å². The highest BCUT2D eigenvalue weighted by Crippen LogP contribution is 2.23. The molecule has 7 nitrogen and oxygen atoms in total. The van der Waals surface area contributed by atoms with Crippen LogP contribution in [0.2, 0.25) is 0 Å². The van der Waals surface area contributed by atoms with E-state index in [1.807, 2.05) is 23.6 Å². The topological polar surface area (TPSA) is 91.3 Å². The number of nitrogens with zero attached hydrogens (tertiary/aromatic N) is 3. The summed E-state index contributed by atoms with van der Waals surface area (Å²) in [5, 5.41) is 11.7. The van der Waals surface area contributed by atoms with Crippen LogP contribution in [0, 0.1) is 0 Å². The molecule has 0 unspecified atom stereocenters. The summed E-state index contributed by atoms with van der Waals surface area (Å²) in [6, 6.07) is 5.69. The lowest BCUT2D eigenvalue weighted by atomic mass is 10.2. The molecule has 0 atom stereocenters. The molecule has 0 radical (unpaired) electrons. The molecule has 1 aliphatic rings. The molecule has 3 N–H and O–H groups in total. The van der Waals surface area contributed by atoms with E-state index in [9.17, 15) is 4.79 Å². The Morgan fingerprint density at radius 2 is 2.27 bits per heavy atom. The molecule has 2 aromatic rings. The van der Waals surface area contributed by atoms with Gasteiger partial charge in [0.25, 0.3) is 0 Å². The highest BCUT2D eigenvalue weighted by molar-refractivity contribution is 7.14. The zero-order chi connectivity index (χ0) is 15.4. The van der Waals surface area contributed by atoms with Crippen molar-refractivity contribution in [1.29, 1.82) is 0 Å². The Hall–Kier alpha value is -2.48. The average molecular weight is 316 g/mol. The number of hydrogen-bond acceptors (Lipinski definition) is 7. The van der Waals surface area contributed by atoms with Crippen LogP contribution in [0.4, 0.5) is 5.13 Å². The molecule has 0 aliphatic carbocycles. The van der Waals surface area contributed by atoms with E-state index in [1.165, 1.54) is 18.3 Å². The molecule has 3 rings (SSSR count). The predicted molar refractivity (Wildman–Crippen MR) is 86.8 cm³/mol. The third-order valence-corrected chi connectivity index (χ3v) is 3.75. The van der Waals surface area contributed by atoms with E-state index in [0.29, 0.717) is 6.54 Å². The molecule has 3 heterocycles. The fraction of sp³-hybridized carbons (Fsp3) is 0.286. The van der Waals surface area contributed by atoms with E-state index < -0.39 is 0 Å². The van der Waals surface area contributed by atoms with Gasteiger partial charge in [-0.05, 0) is 12.1 Å². The molecule has 0 spiro atoms. The molecule has 0 saturated heterocycles. The Kier molecular flexibility index (Phi) is 4.29. The first kappa shape index (κ1) is 14.5. The van der Waals surface area contributed by atoms with Gasteiger partial charge < -0.3 is 16.0 Å². The highest BCUT2D eigenvalue weighted by atomic mass is 32.1. The van der Waals surface area contributed by atoms with Crippen molar-refractivity contribution in [3.63, 3.8) is 0 Å². The fourth-order valence-corrected chi connectivity index (χ4v) is 2.67. The van der Waals surface area contributed by atoms with Crippen LogP contribution >= 0.6 is 11.3 Å². The van der Waals surface area contributed by atoms with Crippen molar-refractivity contribution in [3.05, 3.63) is 29.3 Å². The lowest BCUT2D eigenvalue weighted by molar-refractivity contribution is -0.119.